The Kier molecular flexibility index (Phi) is 3.02. The largest absolute Gasteiger partial charge is 0.399 e. The van der Waals surface area contributed by atoms with Gasteiger partial charge in [-0.2, -0.15) is 0 Å². The van der Waals surface area contributed by atoms with Gasteiger partial charge < -0.3 is 5.73 Å². The van der Waals surface area contributed by atoms with E-state index in [1.807, 2.05) is 18.3 Å². The van der Waals surface area contributed by atoms with Crippen LogP contribution in [0.15, 0.2) is 30.5 Å². The summed E-state index contributed by atoms with van der Waals surface area (Å²) in [4.78, 5) is 5.74. The van der Waals surface area contributed by atoms with E-state index in [1.165, 1.54) is 15.4 Å². The van der Waals surface area contributed by atoms with Crippen molar-refractivity contribution in [1.29, 1.82) is 0 Å². The van der Waals surface area contributed by atoms with Gasteiger partial charge in [-0.1, -0.05) is 19.1 Å². The van der Waals surface area contributed by atoms with Crippen LogP contribution in [0.1, 0.15) is 22.4 Å². The number of anilines is 1. The van der Waals surface area contributed by atoms with Crippen LogP contribution in [0.25, 0.3) is 0 Å². The predicted molar refractivity (Wildman–Crippen MR) is 65.2 cm³/mol. The maximum absolute atomic E-state index is 5.63. The smallest absolute Gasteiger partial charge is 0.0971 e. The molecule has 0 aliphatic heterocycles. The monoisotopic (exact) mass is 218 g/mol. The highest BCUT2D eigenvalue weighted by Gasteiger charge is 2.01. The van der Waals surface area contributed by atoms with Crippen molar-refractivity contribution in [2.75, 3.05) is 5.73 Å². The topological polar surface area (TPSA) is 38.9 Å². The molecule has 2 N–H and O–H groups in total. The van der Waals surface area contributed by atoms with Crippen molar-refractivity contribution in [2.24, 2.45) is 0 Å². The average Bonchev–Trinajstić information content (AvgIpc) is 2.69. The molecule has 78 valence electrons. The fourth-order valence-corrected chi connectivity index (χ4v) is 2.30. The Morgan fingerprint density at radius 1 is 1.27 bits per heavy atom. The highest BCUT2D eigenvalue weighted by Crippen LogP contribution is 2.17. The van der Waals surface area contributed by atoms with Crippen LogP contribution in [-0.4, -0.2) is 4.98 Å². The molecule has 0 spiro atoms. The SMILES string of the molecule is CCc1cnc(Cc2ccc(N)cc2)s1. The molecule has 2 nitrogen and oxygen atoms in total. The van der Waals surface area contributed by atoms with Crippen molar-refractivity contribution in [3.05, 3.63) is 45.9 Å². The molecule has 2 aromatic rings. The minimum Gasteiger partial charge on any atom is -0.399 e. The zero-order valence-electron chi connectivity index (χ0n) is 8.73. The predicted octanol–water partition coefficient (Wildman–Crippen LogP) is 2.88. The lowest BCUT2D eigenvalue weighted by Crippen LogP contribution is -1.88. The van der Waals surface area contributed by atoms with Gasteiger partial charge in [0.2, 0.25) is 0 Å². The molecule has 0 fully saturated rings. The van der Waals surface area contributed by atoms with E-state index < -0.39 is 0 Å². The fourth-order valence-electron chi connectivity index (χ4n) is 1.40. The highest BCUT2D eigenvalue weighted by molar-refractivity contribution is 7.11. The molecule has 0 radical (unpaired) electrons. The van der Waals surface area contributed by atoms with Gasteiger partial charge in [0.05, 0.1) is 5.01 Å². The summed E-state index contributed by atoms with van der Waals surface area (Å²) in [5, 5.41) is 1.18. The molecule has 0 saturated heterocycles. The van der Waals surface area contributed by atoms with Crippen LogP contribution >= 0.6 is 11.3 Å². The van der Waals surface area contributed by atoms with E-state index in [2.05, 4.69) is 24.0 Å². The van der Waals surface area contributed by atoms with Crippen LogP contribution in [-0.2, 0) is 12.8 Å². The zero-order valence-corrected chi connectivity index (χ0v) is 9.55. The van der Waals surface area contributed by atoms with Crippen LogP contribution in [0.3, 0.4) is 0 Å². The minimum absolute atomic E-state index is 0.812. The van der Waals surface area contributed by atoms with E-state index in [-0.39, 0.29) is 0 Å². The molecular weight excluding hydrogens is 204 g/mol. The first kappa shape index (κ1) is 10.2. The van der Waals surface area contributed by atoms with Crippen LogP contribution in [0.2, 0.25) is 0 Å². The number of thiazole rings is 1. The Bertz CT molecular complexity index is 431. The second kappa shape index (κ2) is 4.45. The van der Waals surface area contributed by atoms with Gasteiger partial charge in [-0.15, -0.1) is 11.3 Å². The van der Waals surface area contributed by atoms with Gasteiger partial charge in [0, 0.05) is 23.2 Å². The Balaban J connectivity index is 2.11. The van der Waals surface area contributed by atoms with E-state index in [1.54, 1.807) is 11.3 Å². The van der Waals surface area contributed by atoms with Crippen LogP contribution in [0.5, 0.6) is 0 Å². The summed E-state index contributed by atoms with van der Waals surface area (Å²) in [7, 11) is 0. The number of rotatable bonds is 3. The van der Waals surface area contributed by atoms with E-state index in [9.17, 15) is 0 Å². The molecule has 0 bridgehead atoms. The molecule has 1 aromatic heterocycles. The van der Waals surface area contributed by atoms with E-state index in [0.717, 1.165) is 18.5 Å². The molecule has 0 aliphatic rings. The van der Waals surface area contributed by atoms with Crippen molar-refractivity contribution in [1.82, 2.24) is 4.98 Å². The third-order valence-corrected chi connectivity index (χ3v) is 3.43. The summed E-state index contributed by atoms with van der Waals surface area (Å²) in [5.41, 5.74) is 7.71. The molecule has 0 saturated carbocycles. The third-order valence-electron chi connectivity index (χ3n) is 2.28. The van der Waals surface area contributed by atoms with Gasteiger partial charge in [0.15, 0.2) is 0 Å². The van der Waals surface area contributed by atoms with Crippen molar-refractivity contribution >= 4 is 17.0 Å². The normalized spacial score (nSPS) is 10.5. The van der Waals surface area contributed by atoms with Crippen LogP contribution in [0, 0.1) is 0 Å². The number of nitrogen functional groups attached to an aromatic ring is 1. The zero-order chi connectivity index (χ0) is 10.7. The third kappa shape index (κ3) is 2.57. The maximum Gasteiger partial charge on any atom is 0.0971 e. The first-order valence-corrected chi connectivity index (χ1v) is 5.87. The molecule has 2 rings (SSSR count). The van der Waals surface area contributed by atoms with Gasteiger partial charge in [0.1, 0.15) is 0 Å². The van der Waals surface area contributed by atoms with Crippen molar-refractivity contribution in [3.63, 3.8) is 0 Å². The number of nitrogens with two attached hydrogens (primary N) is 1. The number of hydrogen-bond acceptors (Lipinski definition) is 3. The lowest BCUT2D eigenvalue weighted by molar-refractivity contribution is 1.12. The van der Waals surface area contributed by atoms with Crippen LogP contribution < -0.4 is 5.73 Å². The number of benzene rings is 1. The lowest BCUT2D eigenvalue weighted by Gasteiger charge is -1.98. The van der Waals surface area contributed by atoms with Crippen molar-refractivity contribution in [3.8, 4) is 0 Å². The van der Waals surface area contributed by atoms with Gasteiger partial charge in [-0.25, -0.2) is 4.98 Å². The number of aryl methyl sites for hydroxylation is 1. The van der Waals surface area contributed by atoms with E-state index in [0.29, 0.717) is 0 Å². The summed E-state index contributed by atoms with van der Waals surface area (Å²) in [6.07, 6.45) is 3.95. The molecule has 0 amide bonds. The van der Waals surface area contributed by atoms with Gasteiger partial charge in [-0.3, -0.25) is 0 Å². The second-order valence-electron chi connectivity index (χ2n) is 3.49. The maximum atomic E-state index is 5.63. The average molecular weight is 218 g/mol. The quantitative estimate of drug-likeness (QED) is 0.804. The summed E-state index contributed by atoms with van der Waals surface area (Å²) in [6.45, 7) is 2.15. The van der Waals surface area contributed by atoms with Gasteiger partial charge in [-0.05, 0) is 24.1 Å². The summed E-state index contributed by atoms with van der Waals surface area (Å²) < 4.78 is 0. The molecular formula is C12H14N2S. The number of aromatic nitrogens is 1. The first-order chi connectivity index (χ1) is 7.28. The molecule has 3 heteroatoms. The molecule has 0 unspecified atom stereocenters. The number of hydrogen-bond donors (Lipinski definition) is 1. The summed E-state index contributed by atoms with van der Waals surface area (Å²) in [6, 6.07) is 7.98. The molecule has 0 aliphatic carbocycles. The molecule has 0 atom stereocenters. The van der Waals surface area contributed by atoms with E-state index >= 15 is 0 Å². The molecule has 1 aromatic carbocycles. The minimum atomic E-state index is 0.812. The Morgan fingerprint density at radius 3 is 2.60 bits per heavy atom. The molecule has 1 heterocycles. The van der Waals surface area contributed by atoms with Gasteiger partial charge >= 0.3 is 0 Å². The van der Waals surface area contributed by atoms with Crippen molar-refractivity contribution in [2.45, 2.75) is 19.8 Å². The molecule has 15 heavy (non-hydrogen) atoms. The Hall–Kier alpha value is -1.35. The first-order valence-electron chi connectivity index (χ1n) is 5.06. The summed E-state index contributed by atoms with van der Waals surface area (Å²) in [5.74, 6) is 0. The van der Waals surface area contributed by atoms with Gasteiger partial charge in [0.25, 0.3) is 0 Å². The van der Waals surface area contributed by atoms with E-state index in [4.69, 9.17) is 5.73 Å². The lowest BCUT2D eigenvalue weighted by atomic mass is 10.1. The standard InChI is InChI=1S/C12H14N2S/c1-2-11-8-14-12(15-11)7-9-3-5-10(13)6-4-9/h3-6,8H,2,7,13H2,1H3. The number of nitrogens with zero attached hydrogens (tertiary/aromatic N) is 1. The van der Waals surface area contributed by atoms with Crippen LogP contribution in [0.4, 0.5) is 5.69 Å². The summed E-state index contributed by atoms with van der Waals surface area (Å²) >= 11 is 1.79. The Morgan fingerprint density at radius 2 is 2.00 bits per heavy atom. The fraction of sp³-hybridized carbons (Fsp3) is 0.250. The second-order valence-corrected chi connectivity index (χ2v) is 4.69. The van der Waals surface area contributed by atoms with Crippen molar-refractivity contribution < 1.29 is 0 Å². The highest BCUT2D eigenvalue weighted by atomic mass is 32.1. The Labute approximate surface area is 93.8 Å².